The average Bonchev–Trinajstić information content (AvgIpc) is 1.69. The lowest BCUT2D eigenvalue weighted by molar-refractivity contribution is -0.369. The average molecular weight is 1170 g/mol. The molecule has 10 aliphatic heterocycles. The molecule has 0 saturated carbocycles. The standard InChI is InChI=1S/C63H96O20/c1-31(19-33(3)29-73-52(68)22-32(2)21-51(66)67)20-43-35(5)23-48-60(8,82-43)28-46-55(79-48)56(69)63(11)50(76-46)27-45-53(83-63)34(4)13-12-14-41-40(75-45)15-16-47-61(9,80-41)30-62(10)49(78-47)26-44-42(81-62)17-18-59(7,72)57(77-44)39(65)25-37-24-38(64)54(74-37)36(6)58(70)71/h12-13,19,32-34,36-50,53-57,64-65,69,72H,5,14-18,20-30H2,1-4,6-11H3,(H,66,67)(H,70,71). The van der Waals surface area contributed by atoms with Gasteiger partial charge in [0.25, 0.3) is 0 Å². The summed E-state index contributed by atoms with van der Waals surface area (Å²) in [4.78, 5) is 35.1. The first kappa shape index (κ1) is 63.1. The van der Waals surface area contributed by atoms with Crippen molar-refractivity contribution in [3.63, 3.8) is 0 Å². The van der Waals surface area contributed by atoms with Crippen LogP contribution in [0.3, 0.4) is 0 Å². The molecule has 0 aromatic heterocycles. The summed E-state index contributed by atoms with van der Waals surface area (Å²) >= 11 is 0. The highest BCUT2D eigenvalue weighted by molar-refractivity contribution is 5.72. The van der Waals surface area contributed by atoms with Crippen molar-refractivity contribution >= 4 is 17.9 Å². The largest absolute Gasteiger partial charge is 0.481 e. The van der Waals surface area contributed by atoms with Crippen molar-refractivity contribution in [2.75, 3.05) is 6.61 Å². The second-order valence-corrected chi connectivity index (χ2v) is 28.2. The molecule has 9 saturated heterocycles. The van der Waals surface area contributed by atoms with Gasteiger partial charge in [-0.2, -0.15) is 0 Å². The number of aliphatic hydroxyl groups is 4. The normalized spacial score (nSPS) is 48.5. The van der Waals surface area contributed by atoms with E-state index < -0.39 is 131 Å². The topological polar surface area (TPSA) is 274 Å². The third-order valence-electron chi connectivity index (χ3n) is 20.7. The SMILES string of the molecule is C=C1CC2OC3C(CC2(C)OC1CC(C)=CC(C)COC(=O)CC(C)CC(=O)O)OC1CC2OC4CCC5OC6CC7OC(C(O)CC8CC(O)C(C(C)C(=O)O)O8)C(C)(O)CCC7OC6(C)CC5(C)OC4CC=CC(C)C2OC1(C)C3O. The summed E-state index contributed by atoms with van der Waals surface area (Å²) in [6.45, 7) is 23.8. The van der Waals surface area contributed by atoms with Crippen LogP contribution in [0, 0.1) is 23.7 Å². The summed E-state index contributed by atoms with van der Waals surface area (Å²) in [5.41, 5.74) is -2.85. The van der Waals surface area contributed by atoms with E-state index in [9.17, 15) is 39.9 Å². The Morgan fingerprint density at radius 3 is 2.23 bits per heavy atom. The molecular formula is C63H96O20. The minimum Gasteiger partial charge on any atom is -0.481 e. The number of rotatable bonds is 14. The van der Waals surface area contributed by atoms with Gasteiger partial charge in [0.1, 0.15) is 23.9 Å². The van der Waals surface area contributed by atoms with Crippen molar-refractivity contribution in [2.45, 2.75) is 310 Å². The number of carboxylic acids is 2. The smallest absolute Gasteiger partial charge is 0.308 e. The molecule has 468 valence electrons. The Bertz CT molecular complexity index is 2430. The van der Waals surface area contributed by atoms with Gasteiger partial charge in [0.05, 0.1) is 133 Å². The van der Waals surface area contributed by atoms with E-state index in [-0.39, 0.29) is 86.7 Å². The van der Waals surface area contributed by atoms with Gasteiger partial charge in [-0.3, -0.25) is 14.4 Å². The Hall–Kier alpha value is -2.93. The van der Waals surface area contributed by atoms with Crippen LogP contribution in [-0.2, 0) is 66.5 Å². The van der Waals surface area contributed by atoms with E-state index in [0.717, 1.165) is 11.1 Å². The fraction of sp³-hybridized carbons (Fsp3) is 0.857. The molecule has 28 atom stereocenters. The van der Waals surface area contributed by atoms with E-state index in [1.807, 2.05) is 20.8 Å². The molecule has 0 bridgehead atoms. The highest BCUT2D eigenvalue weighted by Crippen LogP contribution is 2.54. The Morgan fingerprint density at radius 1 is 0.771 bits per heavy atom. The number of ether oxygens (including phenoxy) is 11. The van der Waals surface area contributed by atoms with Gasteiger partial charge in [0, 0.05) is 63.2 Å². The highest BCUT2D eigenvalue weighted by Gasteiger charge is 2.65. The third kappa shape index (κ3) is 13.0. The van der Waals surface area contributed by atoms with Crippen molar-refractivity contribution in [2.24, 2.45) is 23.7 Å². The summed E-state index contributed by atoms with van der Waals surface area (Å²) < 4.78 is 75.0. The van der Waals surface area contributed by atoms with Crippen molar-refractivity contribution in [1.82, 2.24) is 0 Å². The van der Waals surface area contributed by atoms with E-state index in [0.29, 0.717) is 70.6 Å². The zero-order chi connectivity index (χ0) is 59.9. The van der Waals surface area contributed by atoms with Crippen LogP contribution in [0.4, 0.5) is 0 Å². The second-order valence-electron chi connectivity index (χ2n) is 28.2. The molecule has 20 heteroatoms. The molecule has 10 aliphatic rings. The predicted octanol–water partition coefficient (Wildman–Crippen LogP) is 6.22. The summed E-state index contributed by atoms with van der Waals surface area (Å²) in [7, 11) is 0. The molecule has 10 rings (SSSR count). The lowest BCUT2D eigenvalue weighted by Crippen LogP contribution is -2.74. The van der Waals surface area contributed by atoms with Crippen molar-refractivity contribution in [3.8, 4) is 0 Å². The fourth-order valence-electron chi connectivity index (χ4n) is 16.1. The Morgan fingerprint density at radius 2 is 1.49 bits per heavy atom. The maximum absolute atomic E-state index is 12.5. The van der Waals surface area contributed by atoms with Crippen LogP contribution >= 0.6 is 0 Å². The number of fused-ring (bicyclic) bond motifs is 8. The van der Waals surface area contributed by atoms with E-state index in [1.165, 1.54) is 6.92 Å². The van der Waals surface area contributed by atoms with Gasteiger partial charge in [0.2, 0.25) is 0 Å². The van der Waals surface area contributed by atoms with Crippen LogP contribution < -0.4 is 0 Å². The van der Waals surface area contributed by atoms with Gasteiger partial charge >= 0.3 is 17.9 Å². The van der Waals surface area contributed by atoms with Gasteiger partial charge in [-0.25, -0.2) is 0 Å². The van der Waals surface area contributed by atoms with Crippen LogP contribution in [0.25, 0.3) is 0 Å². The van der Waals surface area contributed by atoms with Gasteiger partial charge in [-0.15, -0.1) is 0 Å². The molecule has 20 nitrogen and oxygen atoms in total. The third-order valence-corrected chi connectivity index (χ3v) is 20.7. The highest BCUT2D eigenvalue weighted by atomic mass is 16.7. The Balaban J connectivity index is 0.776. The quantitative estimate of drug-likeness (QED) is 0.0832. The van der Waals surface area contributed by atoms with Crippen LogP contribution in [0.15, 0.2) is 36.0 Å². The summed E-state index contributed by atoms with van der Waals surface area (Å²) in [6.07, 6.45) is 1.19. The number of aliphatic carboxylic acids is 2. The van der Waals surface area contributed by atoms with Crippen LogP contribution in [0.1, 0.15) is 166 Å². The van der Waals surface area contributed by atoms with E-state index in [1.54, 1.807) is 13.8 Å². The van der Waals surface area contributed by atoms with Gasteiger partial charge in [0.15, 0.2) is 0 Å². The van der Waals surface area contributed by atoms with Crippen LogP contribution in [-0.4, -0.2) is 199 Å². The molecule has 28 unspecified atom stereocenters. The molecule has 0 aromatic rings. The minimum atomic E-state index is -1.42. The second kappa shape index (κ2) is 24.2. The molecule has 10 heterocycles. The molecule has 0 aliphatic carbocycles. The summed E-state index contributed by atoms with van der Waals surface area (Å²) in [5.74, 6) is -3.82. The zero-order valence-corrected chi connectivity index (χ0v) is 50.4. The van der Waals surface area contributed by atoms with E-state index in [4.69, 9.17) is 57.2 Å². The number of hydrogen-bond donors (Lipinski definition) is 6. The molecule has 6 N–H and O–H groups in total. The van der Waals surface area contributed by atoms with Crippen molar-refractivity contribution in [1.29, 1.82) is 0 Å². The molecule has 9 fully saturated rings. The molecular weight excluding hydrogens is 1080 g/mol. The molecule has 83 heavy (non-hydrogen) atoms. The summed E-state index contributed by atoms with van der Waals surface area (Å²) in [6, 6.07) is 0. The summed E-state index contributed by atoms with van der Waals surface area (Å²) in [5, 5.41) is 65.3. The maximum Gasteiger partial charge on any atom is 0.308 e. The first-order valence-corrected chi connectivity index (χ1v) is 31.0. The predicted molar refractivity (Wildman–Crippen MR) is 298 cm³/mol. The molecule has 0 aromatic carbocycles. The number of hydrogen-bond acceptors (Lipinski definition) is 18. The Kier molecular flexibility index (Phi) is 18.4. The number of carbonyl (C=O) groups is 3. The Labute approximate surface area is 489 Å². The van der Waals surface area contributed by atoms with Gasteiger partial charge in [-0.05, 0) is 105 Å². The van der Waals surface area contributed by atoms with Crippen LogP contribution in [0.2, 0.25) is 0 Å². The van der Waals surface area contributed by atoms with Crippen LogP contribution in [0.5, 0.6) is 0 Å². The van der Waals surface area contributed by atoms with E-state index >= 15 is 0 Å². The lowest BCUT2D eigenvalue weighted by Gasteiger charge is -2.61. The number of esters is 1. The van der Waals surface area contributed by atoms with Gasteiger partial charge < -0.3 is 82.7 Å². The maximum atomic E-state index is 12.5. The zero-order valence-electron chi connectivity index (χ0n) is 50.4. The fourth-order valence-corrected chi connectivity index (χ4v) is 16.1. The van der Waals surface area contributed by atoms with E-state index in [2.05, 4.69) is 52.5 Å². The molecule has 0 amide bonds. The monoisotopic (exact) mass is 1170 g/mol. The first-order chi connectivity index (χ1) is 39.0. The number of carboxylic acid groups (broad SMARTS) is 2. The van der Waals surface area contributed by atoms with Crippen molar-refractivity contribution < 1.29 is 97.1 Å². The molecule has 0 spiro atoms. The number of carbonyl (C=O) groups excluding carboxylic acids is 1. The van der Waals surface area contributed by atoms with Crippen molar-refractivity contribution in [3.05, 3.63) is 36.0 Å². The number of aliphatic hydroxyl groups excluding tert-OH is 3. The van der Waals surface area contributed by atoms with Gasteiger partial charge in [-0.1, -0.05) is 51.2 Å². The minimum absolute atomic E-state index is 0.0474. The lowest BCUT2D eigenvalue weighted by atomic mass is 9.72. The molecule has 0 radical (unpaired) electrons. The first-order valence-electron chi connectivity index (χ1n) is 31.0.